The highest BCUT2D eigenvalue weighted by atomic mass is 127. The summed E-state index contributed by atoms with van der Waals surface area (Å²) in [5.41, 5.74) is 4.30. The number of ketones is 1. The number of hydrogen-bond donors (Lipinski definition) is 0. The van der Waals surface area contributed by atoms with Crippen LogP contribution in [0.15, 0.2) is 71.6 Å². The Morgan fingerprint density at radius 1 is 0.966 bits per heavy atom. The van der Waals surface area contributed by atoms with Gasteiger partial charge in [-0.05, 0) is 89.5 Å². The third-order valence-electron chi connectivity index (χ3n) is 4.43. The number of Topliss-reactive ketones (excluding diaryl/α,β-unsaturated/α-hetero) is 1. The number of hydrogen-bond acceptors (Lipinski definition) is 2. The van der Waals surface area contributed by atoms with Crippen LogP contribution in [0.2, 0.25) is 5.02 Å². The molecule has 0 aromatic heterocycles. The highest BCUT2D eigenvalue weighted by Gasteiger charge is 2.19. The van der Waals surface area contributed by atoms with Crippen LogP contribution in [0.4, 0.5) is 4.39 Å². The standard InChI is InChI=1S/C24H19ClFIOS/c1-15-3-5-17(6-4-15)14-29-24(23(28)18-7-10-20(25)11-8-18)22(27)19-9-12-21(26)16(2)13-19/h3-13H,14H2,1-2H3. The molecule has 0 radical (unpaired) electrons. The molecule has 0 N–H and O–H groups in total. The third kappa shape index (κ3) is 5.71. The van der Waals surface area contributed by atoms with E-state index in [4.69, 9.17) is 11.6 Å². The molecule has 0 fully saturated rings. The average Bonchev–Trinajstić information content (AvgIpc) is 2.71. The van der Waals surface area contributed by atoms with Crippen LogP contribution in [0, 0.1) is 19.7 Å². The highest BCUT2D eigenvalue weighted by Crippen LogP contribution is 2.37. The Labute approximate surface area is 193 Å². The molecule has 1 nitrogen and oxygen atoms in total. The Kier molecular flexibility index (Phi) is 7.55. The number of carbonyl (C=O) groups excluding carboxylic acids is 1. The van der Waals surface area contributed by atoms with E-state index in [1.165, 1.54) is 23.4 Å². The molecule has 5 heteroatoms. The van der Waals surface area contributed by atoms with Gasteiger partial charge in [0.25, 0.3) is 0 Å². The number of allylic oxidation sites excluding steroid dienone is 1. The number of aryl methyl sites for hydroxylation is 2. The first-order valence-corrected chi connectivity index (χ1v) is 11.4. The Morgan fingerprint density at radius 3 is 2.21 bits per heavy atom. The first kappa shape index (κ1) is 22.1. The van der Waals surface area contributed by atoms with E-state index < -0.39 is 0 Å². The Balaban J connectivity index is 1.99. The van der Waals surface area contributed by atoms with Gasteiger partial charge in [0.1, 0.15) is 5.82 Å². The molecule has 148 valence electrons. The topological polar surface area (TPSA) is 17.1 Å². The molecule has 0 saturated heterocycles. The minimum absolute atomic E-state index is 0.0647. The fourth-order valence-electron chi connectivity index (χ4n) is 2.71. The van der Waals surface area contributed by atoms with Gasteiger partial charge in [-0.2, -0.15) is 0 Å². The van der Waals surface area contributed by atoms with Crippen molar-refractivity contribution in [1.29, 1.82) is 0 Å². The fourth-order valence-corrected chi connectivity index (χ4v) is 4.88. The van der Waals surface area contributed by atoms with E-state index in [9.17, 15) is 9.18 Å². The van der Waals surface area contributed by atoms with Gasteiger partial charge in [-0.25, -0.2) is 4.39 Å². The van der Waals surface area contributed by atoms with Crippen LogP contribution in [0.3, 0.4) is 0 Å². The molecule has 0 amide bonds. The second-order valence-electron chi connectivity index (χ2n) is 6.72. The van der Waals surface area contributed by atoms with Crippen LogP contribution in [0.1, 0.15) is 32.6 Å². The van der Waals surface area contributed by atoms with Crippen molar-refractivity contribution in [2.75, 3.05) is 0 Å². The summed E-state index contributed by atoms with van der Waals surface area (Å²) >= 11 is 9.66. The van der Waals surface area contributed by atoms with Gasteiger partial charge in [0.2, 0.25) is 0 Å². The van der Waals surface area contributed by atoms with Crippen molar-refractivity contribution >= 4 is 55.3 Å². The third-order valence-corrected chi connectivity index (χ3v) is 7.36. The monoisotopic (exact) mass is 536 g/mol. The van der Waals surface area contributed by atoms with E-state index >= 15 is 0 Å². The zero-order chi connectivity index (χ0) is 21.0. The number of rotatable bonds is 6. The van der Waals surface area contributed by atoms with Crippen molar-refractivity contribution < 1.29 is 9.18 Å². The molecule has 0 aliphatic heterocycles. The second-order valence-corrected chi connectivity index (χ2v) is 9.22. The highest BCUT2D eigenvalue weighted by molar-refractivity contribution is 14.1. The van der Waals surface area contributed by atoms with Crippen molar-refractivity contribution in [2.24, 2.45) is 0 Å². The van der Waals surface area contributed by atoms with Crippen LogP contribution < -0.4 is 0 Å². The number of thioether (sulfide) groups is 1. The molecule has 0 bridgehead atoms. The van der Waals surface area contributed by atoms with Gasteiger partial charge in [-0.1, -0.05) is 47.5 Å². The summed E-state index contributed by atoms with van der Waals surface area (Å²) in [7, 11) is 0. The van der Waals surface area contributed by atoms with Gasteiger partial charge in [0, 0.05) is 19.9 Å². The summed E-state index contributed by atoms with van der Waals surface area (Å²) in [6.07, 6.45) is 0. The predicted molar refractivity (Wildman–Crippen MR) is 130 cm³/mol. The Morgan fingerprint density at radius 2 is 1.59 bits per heavy atom. The quantitative estimate of drug-likeness (QED) is 0.180. The van der Waals surface area contributed by atoms with Crippen molar-refractivity contribution in [2.45, 2.75) is 19.6 Å². The average molecular weight is 537 g/mol. The van der Waals surface area contributed by atoms with Crippen LogP contribution in [0.25, 0.3) is 3.58 Å². The zero-order valence-corrected chi connectivity index (χ0v) is 19.7. The lowest BCUT2D eigenvalue weighted by molar-refractivity contribution is 0.104. The van der Waals surface area contributed by atoms with E-state index in [0.29, 0.717) is 26.8 Å². The minimum atomic E-state index is -0.254. The van der Waals surface area contributed by atoms with E-state index in [1.54, 1.807) is 43.3 Å². The van der Waals surface area contributed by atoms with Crippen LogP contribution in [-0.4, -0.2) is 5.78 Å². The maximum Gasteiger partial charge on any atom is 0.200 e. The van der Waals surface area contributed by atoms with Gasteiger partial charge in [0.05, 0.1) is 4.91 Å². The molecule has 3 rings (SSSR count). The SMILES string of the molecule is Cc1ccc(CSC(C(=O)c2ccc(Cl)cc2)=C(I)c2ccc(F)c(C)c2)cc1. The number of halogens is 3. The maximum absolute atomic E-state index is 13.7. The van der Waals surface area contributed by atoms with Crippen LogP contribution >= 0.6 is 46.0 Å². The summed E-state index contributed by atoms with van der Waals surface area (Å²) in [6, 6.07) is 20.1. The normalized spacial score (nSPS) is 11.9. The molecule has 0 unspecified atom stereocenters. The maximum atomic E-state index is 13.7. The lowest BCUT2D eigenvalue weighted by atomic mass is 10.1. The molecule has 0 atom stereocenters. The first-order chi connectivity index (χ1) is 13.8. The molecule has 29 heavy (non-hydrogen) atoms. The number of benzene rings is 3. The van der Waals surface area contributed by atoms with E-state index in [2.05, 4.69) is 46.9 Å². The zero-order valence-electron chi connectivity index (χ0n) is 16.0. The lowest BCUT2D eigenvalue weighted by Gasteiger charge is -2.12. The summed E-state index contributed by atoms with van der Waals surface area (Å²) in [5, 5.41) is 0.586. The smallest absolute Gasteiger partial charge is 0.200 e. The largest absolute Gasteiger partial charge is 0.288 e. The van der Waals surface area contributed by atoms with E-state index in [1.807, 2.05) is 6.92 Å². The fraction of sp³-hybridized carbons (Fsp3) is 0.125. The Bertz CT molecular complexity index is 1060. The molecule has 0 heterocycles. The first-order valence-electron chi connectivity index (χ1n) is 9.00. The predicted octanol–water partition coefficient (Wildman–Crippen LogP) is 8.02. The minimum Gasteiger partial charge on any atom is -0.288 e. The summed E-state index contributed by atoms with van der Waals surface area (Å²) in [6.45, 7) is 3.77. The van der Waals surface area contributed by atoms with Gasteiger partial charge >= 0.3 is 0 Å². The second kappa shape index (κ2) is 9.92. The van der Waals surface area contributed by atoms with Gasteiger partial charge in [-0.3, -0.25) is 4.79 Å². The molecule has 0 aliphatic carbocycles. The van der Waals surface area contributed by atoms with E-state index in [-0.39, 0.29) is 11.6 Å². The van der Waals surface area contributed by atoms with Gasteiger partial charge in [0.15, 0.2) is 5.78 Å². The van der Waals surface area contributed by atoms with Crippen molar-refractivity contribution in [1.82, 2.24) is 0 Å². The molecular weight excluding hydrogens is 518 g/mol. The summed E-state index contributed by atoms with van der Waals surface area (Å²) in [5.74, 6) is 0.350. The number of carbonyl (C=O) groups is 1. The van der Waals surface area contributed by atoms with Gasteiger partial charge < -0.3 is 0 Å². The molecule has 3 aromatic carbocycles. The lowest BCUT2D eigenvalue weighted by Crippen LogP contribution is -2.03. The van der Waals surface area contributed by atoms with Crippen LogP contribution in [0.5, 0.6) is 0 Å². The molecule has 3 aromatic rings. The molecular formula is C24H19ClFIOS. The van der Waals surface area contributed by atoms with Crippen molar-refractivity contribution in [3.8, 4) is 0 Å². The summed E-state index contributed by atoms with van der Waals surface area (Å²) in [4.78, 5) is 13.9. The summed E-state index contributed by atoms with van der Waals surface area (Å²) < 4.78 is 14.5. The van der Waals surface area contributed by atoms with Crippen molar-refractivity contribution in [3.05, 3.63) is 110 Å². The Hall–Kier alpha value is -1.63. The molecule has 0 saturated carbocycles. The molecule has 0 spiro atoms. The van der Waals surface area contributed by atoms with Gasteiger partial charge in [-0.15, -0.1) is 11.8 Å². The van der Waals surface area contributed by atoms with Crippen LogP contribution in [-0.2, 0) is 5.75 Å². The van der Waals surface area contributed by atoms with Crippen molar-refractivity contribution in [3.63, 3.8) is 0 Å². The van der Waals surface area contributed by atoms with E-state index in [0.717, 1.165) is 14.7 Å². The molecule has 0 aliphatic rings.